The molecule has 0 aliphatic carbocycles. The lowest BCUT2D eigenvalue weighted by Crippen LogP contribution is -2.57. The highest BCUT2D eigenvalue weighted by molar-refractivity contribution is 5.78. The van der Waals surface area contributed by atoms with E-state index in [9.17, 15) is 18.4 Å². The highest BCUT2D eigenvalue weighted by Gasteiger charge is 2.46. The van der Waals surface area contributed by atoms with E-state index in [-0.39, 0.29) is 12.5 Å². The molecule has 2 fully saturated rings. The molecular weight excluding hydrogens is 282 g/mol. The summed E-state index contributed by atoms with van der Waals surface area (Å²) in [5.41, 5.74) is -0.733. The molecule has 2 aliphatic rings. The Bertz CT molecular complexity index is 434. The van der Waals surface area contributed by atoms with E-state index in [1.165, 1.54) is 4.90 Å². The van der Waals surface area contributed by atoms with Gasteiger partial charge < -0.3 is 14.5 Å². The first kappa shape index (κ1) is 16.0. The van der Waals surface area contributed by atoms with Gasteiger partial charge in [-0.1, -0.05) is 0 Å². The summed E-state index contributed by atoms with van der Waals surface area (Å²) in [6, 6.07) is -0.628. The van der Waals surface area contributed by atoms with Crippen LogP contribution in [0.4, 0.5) is 13.6 Å². The van der Waals surface area contributed by atoms with Gasteiger partial charge in [-0.3, -0.25) is 4.79 Å². The summed E-state index contributed by atoms with van der Waals surface area (Å²) in [4.78, 5) is 26.2. The van der Waals surface area contributed by atoms with Gasteiger partial charge in [-0.15, -0.1) is 0 Å². The fourth-order valence-electron chi connectivity index (χ4n) is 2.80. The van der Waals surface area contributed by atoms with Crippen molar-refractivity contribution >= 4 is 12.0 Å². The van der Waals surface area contributed by atoms with Gasteiger partial charge in [-0.2, -0.15) is 0 Å². The average Bonchev–Trinajstić information content (AvgIpc) is 2.71. The molecule has 0 aromatic rings. The van der Waals surface area contributed by atoms with E-state index in [2.05, 4.69) is 0 Å². The number of ether oxygens (including phenoxy) is 1. The number of rotatable bonds is 1. The van der Waals surface area contributed by atoms with E-state index in [0.29, 0.717) is 19.4 Å². The molecule has 2 rings (SSSR count). The second kappa shape index (κ2) is 5.42. The third-order valence-electron chi connectivity index (χ3n) is 3.59. The van der Waals surface area contributed by atoms with Crippen LogP contribution >= 0.6 is 0 Å². The number of halogens is 2. The molecule has 0 N–H and O–H groups in total. The van der Waals surface area contributed by atoms with Crippen molar-refractivity contribution in [2.45, 2.75) is 57.6 Å². The summed E-state index contributed by atoms with van der Waals surface area (Å²) < 4.78 is 32.9. The molecule has 1 atom stereocenters. The zero-order chi connectivity index (χ0) is 15.8. The molecule has 0 unspecified atom stereocenters. The normalized spacial score (nSPS) is 26.1. The smallest absolute Gasteiger partial charge is 0.410 e. The highest BCUT2D eigenvalue weighted by atomic mass is 19.3. The molecule has 0 bridgehead atoms. The van der Waals surface area contributed by atoms with Gasteiger partial charge in [-0.05, 0) is 27.2 Å². The molecule has 2 aliphatic heterocycles. The maximum absolute atomic E-state index is 13.9. The Kier molecular flexibility index (Phi) is 4.13. The molecule has 5 nitrogen and oxygen atoms in total. The first-order valence-corrected chi connectivity index (χ1v) is 7.23. The Morgan fingerprint density at radius 1 is 1.38 bits per heavy atom. The van der Waals surface area contributed by atoms with Crippen molar-refractivity contribution < 1.29 is 23.1 Å². The summed E-state index contributed by atoms with van der Waals surface area (Å²) in [5, 5.41) is 0. The molecule has 0 aromatic heterocycles. The molecule has 2 amide bonds. The lowest BCUT2D eigenvalue weighted by Gasteiger charge is -2.41. The third-order valence-corrected chi connectivity index (χ3v) is 3.59. The SMILES string of the molecule is CC(C)(C)OC(=O)N1C[C@H](N2CCCC2=O)CC(F)(F)C1. The first-order valence-electron chi connectivity index (χ1n) is 7.23. The van der Waals surface area contributed by atoms with Crippen molar-refractivity contribution in [1.29, 1.82) is 0 Å². The topological polar surface area (TPSA) is 49.9 Å². The van der Waals surface area contributed by atoms with E-state index in [0.717, 1.165) is 4.90 Å². The lowest BCUT2D eigenvalue weighted by molar-refractivity contribution is -0.136. The molecular formula is C14H22F2N2O3. The van der Waals surface area contributed by atoms with Crippen molar-refractivity contribution in [1.82, 2.24) is 9.80 Å². The van der Waals surface area contributed by atoms with Crippen LogP contribution in [-0.4, -0.2) is 59.0 Å². The third kappa shape index (κ3) is 4.04. The number of alkyl halides is 2. The number of amides is 2. The molecule has 2 saturated heterocycles. The number of likely N-dealkylation sites (tertiary alicyclic amines) is 2. The Morgan fingerprint density at radius 2 is 2.05 bits per heavy atom. The van der Waals surface area contributed by atoms with Crippen LogP contribution in [0.2, 0.25) is 0 Å². The number of hydrogen-bond donors (Lipinski definition) is 0. The van der Waals surface area contributed by atoms with Gasteiger partial charge >= 0.3 is 6.09 Å². The van der Waals surface area contributed by atoms with Gasteiger partial charge in [0.25, 0.3) is 5.92 Å². The van der Waals surface area contributed by atoms with Crippen molar-refractivity contribution in [3.8, 4) is 0 Å². The van der Waals surface area contributed by atoms with Gasteiger partial charge in [0, 0.05) is 25.9 Å². The quantitative estimate of drug-likeness (QED) is 0.746. The van der Waals surface area contributed by atoms with Crippen LogP contribution in [0.25, 0.3) is 0 Å². The molecule has 21 heavy (non-hydrogen) atoms. The predicted molar refractivity (Wildman–Crippen MR) is 72.1 cm³/mol. The molecule has 0 radical (unpaired) electrons. The van der Waals surface area contributed by atoms with E-state index < -0.39 is 36.6 Å². The van der Waals surface area contributed by atoms with Crippen LogP contribution in [0.1, 0.15) is 40.0 Å². The van der Waals surface area contributed by atoms with Gasteiger partial charge in [0.05, 0.1) is 12.6 Å². The monoisotopic (exact) mass is 304 g/mol. The zero-order valence-electron chi connectivity index (χ0n) is 12.7. The van der Waals surface area contributed by atoms with Crippen LogP contribution < -0.4 is 0 Å². The maximum Gasteiger partial charge on any atom is 0.410 e. The number of nitrogens with zero attached hydrogens (tertiary/aromatic N) is 2. The maximum atomic E-state index is 13.9. The lowest BCUT2D eigenvalue weighted by atomic mass is 10.0. The first-order chi connectivity index (χ1) is 9.57. The standard InChI is InChI=1S/C14H22F2N2O3/c1-13(2,3)21-12(20)17-8-10(7-14(15,16)9-17)18-6-4-5-11(18)19/h10H,4-9H2,1-3H3/t10-/m1/s1. The zero-order valence-corrected chi connectivity index (χ0v) is 12.7. The fraction of sp³-hybridized carbons (Fsp3) is 0.857. The minimum atomic E-state index is -3.00. The Labute approximate surface area is 123 Å². The molecule has 0 spiro atoms. The highest BCUT2D eigenvalue weighted by Crippen LogP contribution is 2.32. The van der Waals surface area contributed by atoms with E-state index >= 15 is 0 Å². The van der Waals surface area contributed by atoms with Crippen molar-refractivity contribution in [3.05, 3.63) is 0 Å². The van der Waals surface area contributed by atoms with Gasteiger partial charge in [-0.25, -0.2) is 13.6 Å². The summed E-state index contributed by atoms with van der Waals surface area (Å²) in [6.45, 7) is 5.01. The van der Waals surface area contributed by atoms with Crippen LogP contribution in [0.3, 0.4) is 0 Å². The number of carbonyl (C=O) groups is 2. The number of hydrogen-bond acceptors (Lipinski definition) is 3. The van der Waals surface area contributed by atoms with Gasteiger partial charge in [0.15, 0.2) is 0 Å². The van der Waals surface area contributed by atoms with E-state index in [1.807, 2.05) is 0 Å². The average molecular weight is 304 g/mol. The van der Waals surface area contributed by atoms with Gasteiger partial charge in [0.2, 0.25) is 5.91 Å². The minimum absolute atomic E-state index is 0.107. The Balaban J connectivity index is 2.09. The van der Waals surface area contributed by atoms with Crippen LogP contribution in [0.5, 0.6) is 0 Å². The van der Waals surface area contributed by atoms with Crippen molar-refractivity contribution in [3.63, 3.8) is 0 Å². The van der Waals surface area contributed by atoms with Crippen LogP contribution in [-0.2, 0) is 9.53 Å². The predicted octanol–water partition coefficient (Wildman–Crippen LogP) is 2.25. The van der Waals surface area contributed by atoms with Crippen molar-refractivity contribution in [2.75, 3.05) is 19.6 Å². The minimum Gasteiger partial charge on any atom is -0.444 e. The second-order valence-corrected chi connectivity index (χ2v) is 6.77. The number of carbonyl (C=O) groups excluding carboxylic acids is 2. The largest absolute Gasteiger partial charge is 0.444 e. The number of piperidine rings is 1. The molecule has 120 valence electrons. The van der Waals surface area contributed by atoms with Crippen molar-refractivity contribution in [2.24, 2.45) is 0 Å². The summed E-state index contributed by atoms with van der Waals surface area (Å²) in [5.74, 6) is -3.11. The second-order valence-electron chi connectivity index (χ2n) is 6.77. The van der Waals surface area contributed by atoms with E-state index in [4.69, 9.17) is 4.74 Å². The molecule has 2 heterocycles. The Morgan fingerprint density at radius 3 is 2.57 bits per heavy atom. The Hall–Kier alpha value is -1.40. The molecule has 0 aromatic carbocycles. The van der Waals surface area contributed by atoms with Crippen LogP contribution in [0.15, 0.2) is 0 Å². The van der Waals surface area contributed by atoms with Gasteiger partial charge in [0.1, 0.15) is 5.60 Å². The summed E-state index contributed by atoms with van der Waals surface area (Å²) >= 11 is 0. The molecule has 7 heteroatoms. The van der Waals surface area contributed by atoms with E-state index in [1.54, 1.807) is 20.8 Å². The summed E-state index contributed by atoms with van der Waals surface area (Å²) in [6.07, 6.45) is -0.0570. The fourth-order valence-corrected chi connectivity index (χ4v) is 2.80. The molecule has 0 saturated carbocycles. The van der Waals surface area contributed by atoms with Crippen LogP contribution in [0, 0.1) is 0 Å². The summed E-state index contributed by atoms with van der Waals surface area (Å²) in [7, 11) is 0.